The summed E-state index contributed by atoms with van der Waals surface area (Å²) in [5, 5.41) is 31.7. The summed E-state index contributed by atoms with van der Waals surface area (Å²) in [6, 6.07) is 2.09. The summed E-state index contributed by atoms with van der Waals surface area (Å²) in [7, 11) is 1.92. The van der Waals surface area contributed by atoms with Crippen LogP contribution in [0.15, 0.2) is 23.5 Å². The van der Waals surface area contributed by atoms with Gasteiger partial charge in [-0.2, -0.15) is 5.26 Å². The lowest BCUT2D eigenvalue weighted by atomic mass is 9.33. The lowest BCUT2D eigenvalue weighted by molar-refractivity contribution is -0.233. The third-order valence-electron chi connectivity index (χ3n) is 16.8. The van der Waals surface area contributed by atoms with Gasteiger partial charge in [0.15, 0.2) is 11.6 Å². The van der Waals surface area contributed by atoms with Crippen LogP contribution in [0, 0.1) is 67.5 Å². The highest BCUT2D eigenvalue weighted by Crippen LogP contribution is 2.77. The molecule has 0 bridgehead atoms. The fourth-order valence-corrected chi connectivity index (χ4v) is 13.7. The zero-order valence-corrected chi connectivity index (χ0v) is 36.5. The molecule has 8 atom stereocenters. The molecule has 7 rings (SSSR count). The van der Waals surface area contributed by atoms with Crippen LogP contribution in [0.2, 0.25) is 0 Å². The van der Waals surface area contributed by atoms with E-state index in [9.17, 15) is 24.8 Å². The van der Waals surface area contributed by atoms with Crippen molar-refractivity contribution in [3.63, 3.8) is 0 Å². The van der Waals surface area contributed by atoms with Crippen molar-refractivity contribution in [1.82, 2.24) is 30.0 Å². The third kappa shape index (κ3) is 6.44. The number of likely N-dealkylation sites (N-methyl/N-ethyl adjacent to an activating group) is 1. The number of carboxylic acid groups (broad SMARTS) is 1. The number of hydrogen-bond acceptors (Lipinski definition) is 10. The molecule has 4 saturated carbocycles. The Kier molecular flexibility index (Phi) is 10.6. The van der Waals surface area contributed by atoms with Crippen LogP contribution in [0.3, 0.4) is 0 Å². The van der Waals surface area contributed by atoms with Gasteiger partial charge in [-0.05, 0) is 118 Å². The molecule has 314 valence electrons. The Bertz CT molecular complexity index is 2050. The van der Waals surface area contributed by atoms with E-state index >= 15 is 0 Å². The number of hydrogen-bond donors (Lipinski definition) is 2. The molecule has 0 unspecified atom stereocenters. The van der Waals surface area contributed by atoms with Gasteiger partial charge in [0.25, 0.3) is 0 Å². The van der Waals surface area contributed by atoms with Crippen molar-refractivity contribution in [2.24, 2.45) is 56.2 Å². The topological polar surface area (TPSA) is 173 Å². The number of nitriles is 1. The molecule has 0 amide bonds. The van der Waals surface area contributed by atoms with Gasteiger partial charge >= 0.3 is 11.9 Å². The first-order valence-corrected chi connectivity index (χ1v) is 21.7. The van der Waals surface area contributed by atoms with Crippen molar-refractivity contribution in [2.45, 2.75) is 146 Å². The maximum Gasteiger partial charge on any atom is 0.309 e. The lowest BCUT2D eigenvalue weighted by Crippen LogP contribution is -2.65. The number of nitrogens with one attached hydrogen (secondary N) is 1. The van der Waals surface area contributed by atoms with Gasteiger partial charge in [0.2, 0.25) is 5.82 Å². The number of carbonyl (C=O) groups is 3. The number of esters is 1. The maximum absolute atomic E-state index is 14.4. The fraction of sp³-hybridized carbons (Fsp3) is 0.739. The molecule has 5 aliphatic rings. The molecule has 2 aromatic rings. The van der Waals surface area contributed by atoms with Gasteiger partial charge < -0.3 is 19.7 Å². The molecule has 0 aromatic carbocycles. The zero-order valence-electron chi connectivity index (χ0n) is 36.5. The number of ketones is 1. The van der Waals surface area contributed by atoms with Crippen molar-refractivity contribution >= 4 is 17.7 Å². The Morgan fingerprint density at radius 2 is 1.71 bits per heavy atom. The second-order valence-electron chi connectivity index (χ2n) is 21.0. The Morgan fingerprint density at radius 1 is 1.00 bits per heavy atom. The zero-order chi connectivity index (χ0) is 42.2. The molecule has 0 radical (unpaired) electrons. The molecule has 12 heteroatoms. The number of fused-ring (bicyclic) bond motifs is 7. The molecule has 0 spiro atoms. The monoisotopic (exact) mass is 796 g/mol. The van der Waals surface area contributed by atoms with E-state index in [1.54, 1.807) is 13.8 Å². The van der Waals surface area contributed by atoms with Gasteiger partial charge in [0, 0.05) is 49.2 Å². The summed E-state index contributed by atoms with van der Waals surface area (Å²) in [5.41, 5.74) is 1.15. The van der Waals surface area contributed by atoms with E-state index in [0.29, 0.717) is 55.0 Å². The number of aromatic nitrogens is 5. The first-order chi connectivity index (χ1) is 27.2. The van der Waals surface area contributed by atoms with Crippen molar-refractivity contribution < 1.29 is 24.2 Å². The number of carbonyl (C=O) groups excluding carboxylic acids is 2. The third-order valence-corrected chi connectivity index (χ3v) is 16.8. The minimum Gasteiger partial charge on any atom is -0.481 e. The molecular formula is C46H65N7O5. The van der Waals surface area contributed by atoms with Gasteiger partial charge in [0.1, 0.15) is 18.0 Å². The summed E-state index contributed by atoms with van der Waals surface area (Å²) in [6.45, 7) is 21.1. The fourth-order valence-electron chi connectivity index (χ4n) is 13.7. The molecule has 58 heavy (non-hydrogen) atoms. The van der Waals surface area contributed by atoms with E-state index in [4.69, 9.17) is 9.84 Å². The van der Waals surface area contributed by atoms with Gasteiger partial charge in [-0.25, -0.2) is 9.97 Å². The summed E-state index contributed by atoms with van der Waals surface area (Å²) >= 11 is 0. The number of nitrogens with zero attached hydrogens (tertiary/aromatic N) is 6. The van der Waals surface area contributed by atoms with Gasteiger partial charge in [-0.1, -0.05) is 54.0 Å². The van der Waals surface area contributed by atoms with E-state index < -0.39 is 17.4 Å². The number of rotatable bonds is 11. The normalized spacial score (nSPS) is 34.1. The first-order valence-electron chi connectivity index (χ1n) is 21.7. The number of Topliss-reactive ketones (excluding diaryl/α,β-unsaturated/α-hetero) is 1. The summed E-state index contributed by atoms with van der Waals surface area (Å²) in [5.74, 6) is 1.95. The standard InChI is InChI=1S/C46H65N7O5/c1-27(2)36-30(54)21-46(22-34-51-52-39(53(34)20-19-48-10)38-49-25-28(24-47)26-50-38)18-17-44(8)29(37(36)46)11-12-32-43(7)15-14-33(58-35(55)23-41(3,4)40(56)57)42(5,6)31(43)13-16-45(32,44)9/h25-27,29,31-33,48H,11-23H2,1-10H3,(H,56,57)/t29-,31+,32-,33+,43+,44-,45-,46+/m1/s1. The van der Waals surface area contributed by atoms with E-state index in [-0.39, 0.29) is 57.2 Å². The van der Waals surface area contributed by atoms with Crippen LogP contribution in [0.5, 0.6) is 0 Å². The second kappa shape index (κ2) is 14.6. The molecule has 0 saturated heterocycles. The second-order valence-corrected chi connectivity index (χ2v) is 21.0. The van der Waals surface area contributed by atoms with E-state index in [1.807, 2.05) is 7.05 Å². The van der Waals surface area contributed by atoms with Crippen LogP contribution >= 0.6 is 0 Å². The number of ether oxygens (including phenoxy) is 1. The van der Waals surface area contributed by atoms with Crippen LogP contribution < -0.4 is 5.32 Å². The summed E-state index contributed by atoms with van der Waals surface area (Å²) in [4.78, 5) is 48.3. The molecule has 4 fully saturated rings. The van der Waals surface area contributed by atoms with Crippen molar-refractivity contribution in [1.29, 1.82) is 5.26 Å². The van der Waals surface area contributed by atoms with Crippen LogP contribution in [0.25, 0.3) is 11.6 Å². The van der Waals surface area contributed by atoms with Crippen molar-refractivity contribution in [2.75, 3.05) is 13.6 Å². The van der Waals surface area contributed by atoms with Crippen molar-refractivity contribution in [3.05, 3.63) is 34.9 Å². The van der Waals surface area contributed by atoms with Crippen LogP contribution in [0.4, 0.5) is 0 Å². The Hall–Kier alpha value is -3.98. The van der Waals surface area contributed by atoms with E-state index in [1.165, 1.54) is 18.0 Å². The number of allylic oxidation sites excluding steroid dienone is 2. The predicted octanol–water partition coefficient (Wildman–Crippen LogP) is 7.76. The quantitative estimate of drug-likeness (QED) is 0.213. The molecule has 12 nitrogen and oxygen atoms in total. The molecule has 2 heterocycles. The Balaban J connectivity index is 1.20. The van der Waals surface area contributed by atoms with Gasteiger partial charge in [-0.3, -0.25) is 14.4 Å². The molecule has 0 aliphatic heterocycles. The van der Waals surface area contributed by atoms with Gasteiger partial charge in [0.05, 0.1) is 17.4 Å². The molecular weight excluding hydrogens is 731 g/mol. The largest absolute Gasteiger partial charge is 0.481 e. The molecule has 5 aliphatic carbocycles. The SMILES string of the molecule is CNCCn1c(C[C@@]23CC[C@]4(C)[C@H](CC[C@@H]5[C@@]6(C)CC[C@H](OC(=O)CC(C)(C)C(=O)O)C(C)(C)[C@@H]6CC[C@]54C)C2=C(C(C)C)C(=O)C3)nnc1-c1ncc(C#N)cn1. The van der Waals surface area contributed by atoms with E-state index in [0.717, 1.165) is 62.8 Å². The maximum atomic E-state index is 14.4. The van der Waals surface area contributed by atoms with Gasteiger partial charge in [-0.15, -0.1) is 10.2 Å². The lowest BCUT2D eigenvalue weighted by Gasteiger charge is -2.72. The minimum absolute atomic E-state index is 0.00927. The number of carboxylic acids is 1. The molecule has 2 N–H and O–H groups in total. The summed E-state index contributed by atoms with van der Waals surface area (Å²) in [6.07, 6.45) is 11.7. The Morgan fingerprint density at radius 3 is 2.34 bits per heavy atom. The van der Waals surface area contributed by atoms with E-state index in [2.05, 4.69) is 79.5 Å². The van der Waals surface area contributed by atoms with Crippen LogP contribution in [-0.4, -0.2) is 67.3 Å². The number of aliphatic carboxylic acids is 1. The first kappa shape index (κ1) is 42.2. The van der Waals surface area contributed by atoms with Crippen molar-refractivity contribution in [3.8, 4) is 17.7 Å². The highest BCUT2D eigenvalue weighted by molar-refractivity contribution is 6.00. The minimum atomic E-state index is -1.17. The predicted molar refractivity (Wildman–Crippen MR) is 219 cm³/mol. The highest BCUT2D eigenvalue weighted by Gasteiger charge is 2.70. The Labute approximate surface area is 344 Å². The highest BCUT2D eigenvalue weighted by atomic mass is 16.5. The average Bonchev–Trinajstić information content (AvgIpc) is 3.68. The average molecular weight is 796 g/mol. The smallest absolute Gasteiger partial charge is 0.309 e. The van der Waals surface area contributed by atoms with Crippen LogP contribution in [-0.2, 0) is 32.1 Å². The summed E-state index contributed by atoms with van der Waals surface area (Å²) < 4.78 is 8.31. The molecule has 2 aromatic heterocycles. The van der Waals surface area contributed by atoms with Crippen LogP contribution in [0.1, 0.15) is 138 Å².